The summed E-state index contributed by atoms with van der Waals surface area (Å²) in [5, 5.41) is 0. The van der Waals surface area contributed by atoms with Crippen LogP contribution in [-0.4, -0.2) is 16.6 Å². The van der Waals surface area contributed by atoms with Gasteiger partial charge in [0.2, 0.25) is 0 Å². The van der Waals surface area contributed by atoms with Crippen molar-refractivity contribution in [3.63, 3.8) is 0 Å². The molecule has 0 fully saturated rings. The zero-order valence-electron chi connectivity index (χ0n) is 5.20. The first-order chi connectivity index (χ1) is 4.38. The Bertz CT molecular complexity index is 238. The van der Waals surface area contributed by atoms with Crippen LogP contribution in [0.15, 0.2) is 17.4 Å². The van der Waals surface area contributed by atoms with Gasteiger partial charge in [-0.2, -0.15) is 4.58 Å². The Balaban J connectivity index is 2.95. The molecular formula is C7H7N2+. The highest BCUT2D eigenvalue weighted by Gasteiger charge is 2.11. The van der Waals surface area contributed by atoms with E-state index in [9.17, 15) is 0 Å². The fraction of sp³-hybridized carbons (Fsp3) is 0.143. The summed E-state index contributed by atoms with van der Waals surface area (Å²) in [7, 11) is 0. The minimum absolute atomic E-state index is 0.650. The number of hydrogen-bond acceptors (Lipinski definition) is 1. The first-order valence-corrected chi connectivity index (χ1v) is 2.67. The molecule has 0 saturated carbocycles. The van der Waals surface area contributed by atoms with Crippen LogP contribution in [0.3, 0.4) is 0 Å². The number of aliphatic imine (C=N–C) groups is 1. The molecule has 0 amide bonds. The lowest BCUT2D eigenvalue weighted by atomic mass is 10.6. The van der Waals surface area contributed by atoms with Crippen LogP contribution in [0.25, 0.3) is 0 Å². The van der Waals surface area contributed by atoms with E-state index in [1.54, 1.807) is 10.8 Å². The van der Waals surface area contributed by atoms with Gasteiger partial charge in [0.15, 0.2) is 6.20 Å². The summed E-state index contributed by atoms with van der Waals surface area (Å²) in [6.45, 7) is 1.91. The van der Waals surface area contributed by atoms with E-state index < -0.39 is 0 Å². The third kappa shape index (κ3) is 0.895. The number of terminal acetylenes is 1. The fourth-order valence-electron chi connectivity index (χ4n) is 0.633. The number of rotatable bonds is 0. The molecule has 0 aromatic carbocycles. The van der Waals surface area contributed by atoms with Crippen molar-refractivity contribution in [2.75, 3.05) is 0 Å². The van der Waals surface area contributed by atoms with Gasteiger partial charge in [0.05, 0.1) is 6.21 Å². The predicted octanol–water partition coefficient (Wildman–Crippen LogP) is 0.606. The topological polar surface area (TPSA) is 15.4 Å². The summed E-state index contributed by atoms with van der Waals surface area (Å²) >= 11 is 0. The Kier molecular flexibility index (Phi) is 1.46. The van der Waals surface area contributed by atoms with Crippen molar-refractivity contribution < 1.29 is 4.58 Å². The molecule has 2 heteroatoms. The van der Waals surface area contributed by atoms with Gasteiger partial charge in [-0.15, -0.1) is 6.42 Å². The largest absolute Gasteiger partial charge is 0.380 e. The van der Waals surface area contributed by atoms with E-state index in [2.05, 4.69) is 10.9 Å². The average molecular weight is 119 g/mol. The van der Waals surface area contributed by atoms with Crippen molar-refractivity contribution >= 4 is 12.1 Å². The van der Waals surface area contributed by atoms with Gasteiger partial charge in [-0.05, 0) is 11.9 Å². The van der Waals surface area contributed by atoms with Gasteiger partial charge in [-0.1, -0.05) is 0 Å². The van der Waals surface area contributed by atoms with Gasteiger partial charge >= 0.3 is 5.84 Å². The number of amidine groups is 1. The summed E-state index contributed by atoms with van der Waals surface area (Å²) in [6, 6.07) is 0. The summed E-state index contributed by atoms with van der Waals surface area (Å²) in [6.07, 6.45) is 10.5. The Morgan fingerprint density at radius 2 is 2.67 bits per heavy atom. The van der Waals surface area contributed by atoms with Gasteiger partial charge in [0, 0.05) is 5.92 Å². The molecule has 1 aliphatic heterocycles. The van der Waals surface area contributed by atoms with Crippen LogP contribution in [0.5, 0.6) is 0 Å². The minimum Gasteiger partial charge on any atom is -0.196 e. The van der Waals surface area contributed by atoms with Crippen molar-refractivity contribution in [3.05, 3.63) is 12.4 Å². The second-order valence-electron chi connectivity index (χ2n) is 1.56. The van der Waals surface area contributed by atoms with Gasteiger partial charge in [0.25, 0.3) is 0 Å². The molecule has 0 atom stereocenters. The van der Waals surface area contributed by atoms with Crippen LogP contribution in [0.4, 0.5) is 0 Å². The first-order valence-electron chi connectivity index (χ1n) is 2.67. The molecule has 2 nitrogen and oxygen atoms in total. The zero-order chi connectivity index (χ0) is 6.69. The maximum absolute atomic E-state index is 5.12. The highest BCUT2D eigenvalue weighted by Crippen LogP contribution is 1.92. The van der Waals surface area contributed by atoms with Crippen molar-refractivity contribution in [2.24, 2.45) is 4.99 Å². The minimum atomic E-state index is 0.650. The molecule has 1 aliphatic rings. The van der Waals surface area contributed by atoms with E-state index in [1.165, 1.54) is 0 Å². The summed E-state index contributed by atoms with van der Waals surface area (Å²) in [5.41, 5.74) is 0. The van der Waals surface area contributed by atoms with Crippen molar-refractivity contribution in [1.29, 1.82) is 0 Å². The summed E-state index contributed by atoms with van der Waals surface area (Å²) < 4.78 is 1.79. The van der Waals surface area contributed by atoms with E-state index >= 15 is 0 Å². The van der Waals surface area contributed by atoms with E-state index in [1.807, 2.05) is 19.3 Å². The van der Waals surface area contributed by atoms with Gasteiger partial charge in [-0.25, -0.2) is 0 Å². The molecule has 0 aromatic rings. The molecule has 9 heavy (non-hydrogen) atoms. The lowest BCUT2D eigenvalue weighted by Crippen LogP contribution is -2.09. The van der Waals surface area contributed by atoms with Gasteiger partial charge in [-0.3, -0.25) is 0 Å². The zero-order valence-corrected chi connectivity index (χ0v) is 5.20. The second-order valence-corrected chi connectivity index (χ2v) is 1.56. The second kappa shape index (κ2) is 2.27. The molecule has 1 heterocycles. The number of nitrogens with zero attached hydrogens (tertiary/aromatic N) is 2. The third-order valence-corrected chi connectivity index (χ3v) is 1.08. The standard InChI is InChI=1S/C7H7N2/c1-3-7-8-5-6-9(7)4-2/h1,4-6H,2H3/q+1. The van der Waals surface area contributed by atoms with Crippen molar-refractivity contribution in [1.82, 2.24) is 0 Å². The van der Waals surface area contributed by atoms with Crippen molar-refractivity contribution in [2.45, 2.75) is 6.92 Å². The smallest absolute Gasteiger partial charge is 0.196 e. The monoisotopic (exact) mass is 119 g/mol. The predicted molar refractivity (Wildman–Crippen MR) is 37.4 cm³/mol. The van der Waals surface area contributed by atoms with E-state index in [0.717, 1.165) is 0 Å². The Morgan fingerprint density at radius 3 is 3.11 bits per heavy atom. The molecule has 0 bridgehead atoms. The van der Waals surface area contributed by atoms with E-state index in [-0.39, 0.29) is 0 Å². The molecule has 0 unspecified atom stereocenters. The molecule has 0 saturated heterocycles. The third-order valence-electron chi connectivity index (χ3n) is 1.08. The summed E-state index contributed by atoms with van der Waals surface area (Å²) in [5.74, 6) is 3.10. The lowest BCUT2D eigenvalue weighted by Gasteiger charge is -1.83. The Morgan fingerprint density at radius 1 is 1.89 bits per heavy atom. The van der Waals surface area contributed by atoms with Crippen molar-refractivity contribution in [3.8, 4) is 12.3 Å². The van der Waals surface area contributed by atoms with E-state index in [4.69, 9.17) is 6.42 Å². The SMILES string of the molecule is C#CC1=NC=C[N+]1=CC. The molecule has 44 valence electrons. The van der Waals surface area contributed by atoms with Crippen LogP contribution in [0, 0.1) is 12.3 Å². The average Bonchev–Trinajstić information content (AvgIpc) is 2.33. The highest BCUT2D eigenvalue weighted by molar-refractivity contribution is 5.94. The van der Waals surface area contributed by atoms with E-state index in [0.29, 0.717) is 5.84 Å². The van der Waals surface area contributed by atoms with Gasteiger partial charge in [0.1, 0.15) is 6.20 Å². The molecular weight excluding hydrogens is 112 g/mol. The van der Waals surface area contributed by atoms with Crippen LogP contribution in [0.1, 0.15) is 6.92 Å². The van der Waals surface area contributed by atoms with Crippen LogP contribution < -0.4 is 0 Å². The molecule has 0 spiro atoms. The molecule has 1 rings (SSSR count). The Hall–Kier alpha value is -1.36. The Labute approximate surface area is 54.2 Å². The summed E-state index contributed by atoms with van der Waals surface area (Å²) in [4.78, 5) is 3.90. The fourth-order valence-corrected chi connectivity index (χ4v) is 0.633. The maximum Gasteiger partial charge on any atom is 0.380 e. The molecule has 0 aliphatic carbocycles. The highest BCUT2D eigenvalue weighted by atomic mass is 15.1. The normalized spacial score (nSPS) is 20.0. The lowest BCUT2D eigenvalue weighted by molar-refractivity contribution is -0.311. The maximum atomic E-state index is 5.12. The molecule has 0 aromatic heterocycles. The quantitative estimate of drug-likeness (QED) is 0.328. The van der Waals surface area contributed by atoms with Crippen LogP contribution >= 0.6 is 0 Å². The van der Waals surface area contributed by atoms with Crippen LogP contribution in [-0.2, 0) is 0 Å². The van der Waals surface area contributed by atoms with Crippen LogP contribution in [0.2, 0.25) is 0 Å². The number of hydrogen-bond donors (Lipinski definition) is 0. The first kappa shape index (κ1) is 5.77. The van der Waals surface area contributed by atoms with Gasteiger partial charge < -0.3 is 0 Å². The molecule has 0 radical (unpaired) electrons. The molecule has 0 N–H and O–H groups in total.